The lowest BCUT2D eigenvalue weighted by atomic mass is 9.90. The molecule has 0 aromatic heterocycles. The summed E-state index contributed by atoms with van der Waals surface area (Å²) in [5.41, 5.74) is 0. The van der Waals surface area contributed by atoms with Crippen molar-refractivity contribution >= 4 is 6.09 Å². The Bertz CT molecular complexity index is 300. The molecule has 1 saturated heterocycles. The molecule has 3 heteroatoms. The molecule has 1 heterocycles. The molecule has 14 heavy (non-hydrogen) atoms. The average Bonchev–Trinajstić information content (AvgIpc) is 2.81. The van der Waals surface area contributed by atoms with Gasteiger partial charge < -0.3 is 9.64 Å². The highest BCUT2D eigenvalue weighted by molar-refractivity contribution is 5.70. The second-order valence-electron chi connectivity index (χ2n) is 4.61. The molecule has 1 aliphatic heterocycles. The van der Waals surface area contributed by atoms with Gasteiger partial charge in [0.05, 0.1) is 6.54 Å². The summed E-state index contributed by atoms with van der Waals surface area (Å²) in [5, 5.41) is 0. The summed E-state index contributed by atoms with van der Waals surface area (Å²) in [5.74, 6) is 1.88. The maximum absolute atomic E-state index is 11.5. The van der Waals surface area contributed by atoms with Crippen molar-refractivity contribution in [1.29, 1.82) is 0 Å². The van der Waals surface area contributed by atoms with Crippen LogP contribution in [0.25, 0.3) is 0 Å². The highest BCUT2D eigenvalue weighted by Gasteiger charge is 2.47. The highest BCUT2D eigenvalue weighted by Crippen LogP contribution is 2.46. The van der Waals surface area contributed by atoms with E-state index in [0.717, 1.165) is 6.54 Å². The molecule has 1 saturated carbocycles. The Morgan fingerprint density at radius 1 is 1.43 bits per heavy atom. The van der Waals surface area contributed by atoms with Crippen molar-refractivity contribution in [2.45, 2.75) is 19.4 Å². The van der Waals surface area contributed by atoms with Gasteiger partial charge >= 0.3 is 6.09 Å². The van der Waals surface area contributed by atoms with Gasteiger partial charge in [-0.2, -0.15) is 0 Å². The summed E-state index contributed by atoms with van der Waals surface area (Å²) in [6, 6.07) is 0.403. The summed E-state index contributed by atoms with van der Waals surface area (Å²) in [4.78, 5) is 13.4. The van der Waals surface area contributed by atoms with Crippen LogP contribution in [-0.2, 0) is 4.74 Å². The molecule has 3 nitrogen and oxygen atoms in total. The van der Waals surface area contributed by atoms with Crippen molar-refractivity contribution in [2.75, 3.05) is 13.2 Å². The molecule has 4 atom stereocenters. The minimum atomic E-state index is -0.109. The first-order valence-electron chi connectivity index (χ1n) is 5.39. The number of hydrogen-bond acceptors (Lipinski definition) is 2. The van der Waals surface area contributed by atoms with E-state index in [-0.39, 0.29) is 6.09 Å². The van der Waals surface area contributed by atoms with E-state index in [4.69, 9.17) is 4.74 Å². The zero-order chi connectivity index (χ0) is 9.71. The predicted octanol–water partition coefficient (Wildman–Crippen LogP) is 1.65. The van der Waals surface area contributed by atoms with Crippen LogP contribution in [0.3, 0.4) is 0 Å². The third-order valence-electron chi connectivity index (χ3n) is 3.95. The smallest absolute Gasteiger partial charge is 0.410 e. The van der Waals surface area contributed by atoms with E-state index in [1.165, 1.54) is 6.42 Å². The van der Waals surface area contributed by atoms with Crippen LogP contribution < -0.4 is 0 Å². The number of amides is 1. The summed E-state index contributed by atoms with van der Waals surface area (Å²) in [6.07, 6.45) is 5.71. The molecule has 1 unspecified atom stereocenters. The van der Waals surface area contributed by atoms with E-state index < -0.39 is 0 Å². The SMILES string of the molecule is CC1[C@H]2C=C[C@H](C2)[C@H]1N1CCOC1=O. The Hall–Kier alpha value is -0.990. The number of fused-ring (bicyclic) bond motifs is 2. The number of carbonyl (C=O) groups is 1. The minimum Gasteiger partial charge on any atom is -0.448 e. The van der Waals surface area contributed by atoms with Gasteiger partial charge in [0.25, 0.3) is 0 Å². The zero-order valence-corrected chi connectivity index (χ0v) is 8.35. The summed E-state index contributed by atoms with van der Waals surface area (Å²) < 4.78 is 5.00. The molecular formula is C11H15NO2. The van der Waals surface area contributed by atoms with Gasteiger partial charge in [0.15, 0.2) is 0 Å². The van der Waals surface area contributed by atoms with Crippen molar-refractivity contribution in [1.82, 2.24) is 4.90 Å². The highest BCUT2D eigenvalue weighted by atomic mass is 16.6. The van der Waals surface area contributed by atoms with E-state index in [1.807, 2.05) is 4.90 Å². The van der Waals surface area contributed by atoms with Crippen LogP contribution in [0.4, 0.5) is 4.79 Å². The quantitative estimate of drug-likeness (QED) is 0.592. The number of ether oxygens (including phenoxy) is 1. The van der Waals surface area contributed by atoms with Crippen LogP contribution >= 0.6 is 0 Å². The molecule has 0 aromatic rings. The van der Waals surface area contributed by atoms with Crippen molar-refractivity contribution in [3.8, 4) is 0 Å². The monoisotopic (exact) mass is 193 g/mol. The fourth-order valence-electron chi connectivity index (χ4n) is 3.23. The van der Waals surface area contributed by atoms with Crippen LogP contribution in [0.1, 0.15) is 13.3 Å². The number of cyclic esters (lactones) is 1. The van der Waals surface area contributed by atoms with E-state index in [2.05, 4.69) is 19.1 Å². The molecule has 0 aromatic carbocycles. The third-order valence-corrected chi connectivity index (χ3v) is 3.95. The number of carbonyl (C=O) groups excluding carboxylic acids is 1. The first kappa shape index (κ1) is 8.33. The van der Waals surface area contributed by atoms with E-state index in [0.29, 0.717) is 30.4 Å². The van der Waals surface area contributed by atoms with Crippen LogP contribution in [-0.4, -0.2) is 30.2 Å². The topological polar surface area (TPSA) is 29.5 Å². The molecule has 0 radical (unpaired) electrons. The normalized spacial score (nSPS) is 44.9. The molecule has 76 valence electrons. The van der Waals surface area contributed by atoms with Crippen molar-refractivity contribution in [3.05, 3.63) is 12.2 Å². The number of hydrogen-bond donors (Lipinski definition) is 0. The van der Waals surface area contributed by atoms with Gasteiger partial charge in [-0.25, -0.2) is 4.79 Å². The Morgan fingerprint density at radius 2 is 2.21 bits per heavy atom. The fourth-order valence-corrected chi connectivity index (χ4v) is 3.23. The van der Waals surface area contributed by atoms with E-state index >= 15 is 0 Å². The van der Waals surface area contributed by atoms with Gasteiger partial charge in [0.1, 0.15) is 6.61 Å². The van der Waals surface area contributed by atoms with E-state index in [1.54, 1.807) is 0 Å². The Labute approximate surface area is 83.7 Å². The van der Waals surface area contributed by atoms with Crippen LogP contribution in [0.15, 0.2) is 12.2 Å². The molecular weight excluding hydrogens is 178 g/mol. The maximum atomic E-state index is 11.5. The van der Waals surface area contributed by atoms with Gasteiger partial charge in [0.2, 0.25) is 0 Å². The molecule has 3 rings (SSSR count). The molecule has 0 N–H and O–H groups in total. The van der Waals surface area contributed by atoms with Crippen LogP contribution in [0.2, 0.25) is 0 Å². The number of rotatable bonds is 1. The first-order valence-corrected chi connectivity index (χ1v) is 5.39. The molecule has 2 fully saturated rings. The lowest BCUT2D eigenvalue weighted by molar-refractivity contribution is 0.132. The van der Waals surface area contributed by atoms with E-state index in [9.17, 15) is 4.79 Å². The molecule has 1 amide bonds. The minimum absolute atomic E-state index is 0.109. The standard InChI is InChI=1S/C11H15NO2/c1-7-8-2-3-9(6-8)10(7)12-4-5-14-11(12)13/h2-3,7-10H,4-6H2,1H3/t7?,8-,9+,10-/m0/s1. The molecule has 3 aliphatic rings. The summed E-state index contributed by atoms with van der Waals surface area (Å²) in [6.45, 7) is 3.61. The van der Waals surface area contributed by atoms with Gasteiger partial charge in [0, 0.05) is 6.04 Å². The lowest BCUT2D eigenvalue weighted by Gasteiger charge is -2.31. The molecule has 0 spiro atoms. The largest absolute Gasteiger partial charge is 0.448 e. The number of nitrogens with zero attached hydrogens (tertiary/aromatic N) is 1. The summed E-state index contributed by atoms with van der Waals surface area (Å²) in [7, 11) is 0. The molecule has 2 aliphatic carbocycles. The molecule has 2 bridgehead atoms. The number of allylic oxidation sites excluding steroid dienone is 1. The second-order valence-corrected chi connectivity index (χ2v) is 4.61. The first-order chi connectivity index (χ1) is 6.77. The van der Waals surface area contributed by atoms with Gasteiger partial charge in [-0.05, 0) is 24.2 Å². The Morgan fingerprint density at radius 3 is 2.79 bits per heavy atom. The van der Waals surface area contributed by atoms with Crippen LogP contribution in [0, 0.1) is 17.8 Å². The summed E-state index contributed by atoms with van der Waals surface area (Å²) >= 11 is 0. The fraction of sp³-hybridized carbons (Fsp3) is 0.727. The third kappa shape index (κ3) is 0.954. The van der Waals surface area contributed by atoms with Gasteiger partial charge in [-0.3, -0.25) is 0 Å². The maximum Gasteiger partial charge on any atom is 0.410 e. The average molecular weight is 193 g/mol. The van der Waals surface area contributed by atoms with Crippen molar-refractivity contribution in [2.24, 2.45) is 17.8 Å². The predicted molar refractivity (Wildman–Crippen MR) is 51.7 cm³/mol. The van der Waals surface area contributed by atoms with Crippen molar-refractivity contribution < 1.29 is 9.53 Å². The van der Waals surface area contributed by atoms with Gasteiger partial charge in [-0.15, -0.1) is 0 Å². The van der Waals surface area contributed by atoms with Crippen LogP contribution in [0.5, 0.6) is 0 Å². The lowest BCUT2D eigenvalue weighted by Crippen LogP contribution is -2.42. The Balaban J connectivity index is 1.85. The van der Waals surface area contributed by atoms with Crippen molar-refractivity contribution in [3.63, 3.8) is 0 Å². The second kappa shape index (κ2) is 2.75. The van der Waals surface area contributed by atoms with Gasteiger partial charge in [-0.1, -0.05) is 19.1 Å². The zero-order valence-electron chi connectivity index (χ0n) is 8.35. The Kier molecular flexibility index (Phi) is 1.64.